The summed E-state index contributed by atoms with van der Waals surface area (Å²) in [6.45, 7) is 1.05. The zero-order valence-electron chi connectivity index (χ0n) is 12.6. The maximum absolute atomic E-state index is 13.2. The Kier molecular flexibility index (Phi) is 1.72. The van der Waals surface area contributed by atoms with Crippen LogP contribution in [0.2, 0.25) is 0 Å². The van der Waals surface area contributed by atoms with E-state index in [2.05, 4.69) is 4.74 Å². The fourth-order valence-corrected chi connectivity index (χ4v) is 1.16. The van der Waals surface area contributed by atoms with E-state index in [-0.39, 0.29) is 11.5 Å². The van der Waals surface area contributed by atoms with Crippen LogP contribution in [0.5, 0.6) is 0 Å². The molecule has 13 heavy (non-hydrogen) atoms. The summed E-state index contributed by atoms with van der Waals surface area (Å²) in [7, 11) is -2.86. The second-order valence-electron chi connectivity index (χ2n) is 3.09. The van der Waals surface area contributed by atoms with E-state index < -0.39 is 19.4 Å². The number of halogens is 1. The van der Waals surface area contributed by atoms with E-state index in [9.17, 15) is 4.39 Å². The van der Waals surface area contributed by atoms with Crippen molar-refractivity contribution in [3.63, 3.8) is 0 Å². The van der Waals surface area contributed by atoms with Crippen LogP contribution < -0.4 is 0 Å². The highest BCUT2D eigenvalue weighted by atomic mass is 19.1. The van der Waals surface area contributed by atoms with Crippen LogP contribution in [0, 0.1) is 5.82 Å². The van der Waals surface area contributed by atoms with Gasteiger partial charge in [-0.05, 0) is 29.2 Å². The first-order valence-electron chi connectivity index (χ1n) is 6.53. The van der Waals surface area contributed by atoms with Crippen molar-refractivity contribution in [2.45, 2.75) is 26.3 Å². The van der Waals surface area contributed by atoms with E-state index in [1.54, 1.807) is 13.8 Å². The summed E-state index contributed by atoms with van der Waals surface area (Å²) in [5.74, 6) is -0.641. The molecule has 0 heterocycles. The third-order valence-corrected chi connectivity index (χ3v) is 1.80. The van der Waals surface area contributed by atoms with Gasteiger partial charge in [-0.2, -0.15) is 0 Å². The topological polar surface area (TPSA) is 9.23 Å². The van der Waals surface area contributed by atoms with Crippen molar-refractivity contribution in [2.24, 2.45) is 0 Å². The molecule has 0 radical (unpaired) electrons. The molecule has 1 nitrogen and oxygen atoms in total. The molecule has 0 unspecified atom stereocenters. The standard InChI is InChI=1S/C11H15FO/c1-8(2)11-6-10(12)5-4-9(11)7-13-3/h4-6,8H,7H2,1-3H3/i3D3,7D2. The van der Waals surface area contributed by atoms with Gasteiger partial charge >= 0.3 is 0 Å². The molecule has 0 saturated heterocycles. The van der Waals surface area contributed by atoms with E-state index in [0.717, 1.165) is 6.07 Å². The highest BCUT2D eigenvalue weighted by Crippen LogP contribution is 2.21. The Hall–Kier alpha value is -0.890. The minimum absolute atomic E-state index is 0.0371. The van der Waals surface area contributed by atoms with Gasteiger partial charge in [0.25, 0.3) is 0 Å². The predicted molar refractivity (Wildman–Crippen MR) is 51.2 cm³/mol. The number of hydrogen-bond donors (Lipinski definition) is 0. The number of rotatable bonds is 3. The number of benzene rings is 1. The number of methoxy groups -OCH3 is 1. The monoisotopic (exact) mass is 187 g/mol. The second kappa shape index (κ2) is 4.38. The molecule has 0 aliphatic heterocycles. The van der Waals surface area contributed by atoms with Crippen LogP contribution in [0.4, 0.5) is 4.39 Å². The van der Waals surface area contributed by atoms with Gasteiger partial charge in [0.1, 0.15) is 5.82 Å². The molecular weight excluding hydrogens is 167 g/mol. The molecule has 1 aromatic rings. The van der Waals surface area contributed by atoms with E-state index in [1.165, 1.54) is 12.1 Å². The summed E-state index contributed by atoms with van der Waals surface area (Å²) < 4.78 is 53.9. The molecular formula is C11H15FO. The molecule has 0 aromatic heterocycles. The average Bonchev–Trinajstić information content (AvgIpc) is 2.12. The van der Waals surface area contributed by atoms with Crippen molar-refractivity contribution < 1.29 is 16.0 Å². The lowest BCUT2D eigenvalue weighted by Gasteiger charge is -2.11. The average molecular weight is 187 g/mol. The molecule has 72 valence electrons. The van der Waals surface area contributed by atoms with Gasteiger partial charge in [0.05, 0.1) is 13.4 Å². The molecule has 0 spiro atoms. The Bertz CT molecular complexity index is 428. The lowest BCUT2D eigenvalue weighted by atomic mass is 9.97. The van der Waals surface area contributed by atoms with Crippen LogP contribution in [0.3, 0.4) is 0 Å². The lowest BCUT2D eigenvalue weighted by molar-refractivity contribution is 0.184. The van der Waals surface area contributed by atoms with Crippen molar-refractivity contribution in [3.05, 3.63) is 35.1 Å². The lowest BCUT2D eigenvalue weighted by Crippen LogP contribution is -1.98. The fourth-order valence-electron chi connectivity index (χ4n) is 1.16. The summed E-state index contributed by atoms with van der Waals surface area (Å²) in [4.78, 5) is 0. The third-order valence-electron chi connectivity index (χ3n) is 1.80. The molecule has 0 amide bonds. The first-order valence-corrected chi connectivity index (χ1v) is 4.03. The van der Waals surface area contributed by atoms with Crippen LogP contribution in [-0.4, -0.2) is 7.04 Å². The van der Waals surface area contributed by atoms with Gasteiger partial charge in [-0.3, -0.25) is 0 Å². The van der Waals surface area contributed by atoms with Gasteiger partial charge in [0, 0.05) is 7.04 Å². The van der Waals surface area contributed by atoms with Crippen molar-refractivity contribution >= 4 is 0 Å². The van der Waals surface area contributed by atoms with E-state index in [0.29, 0.717) is 5.56 Å². The Morgan fingerprint density at radius 3 is 3.00 bits per heavy atom. The normalized spacial score (nSPS) is 18.6. The van der Waals surface area contributed by atoms with Gasteiger partial charge in [-0.1, -0.05) is 19.9 Å². The summed E-state index contributed by atoms with van der Waals surface area (Å²) >= 11 is 0. The van der Waals surface area contributed by atoms with E-state index in [4.69, 9.17) is 6.85 Å². The molecule has 0 saturated carbocycles. The highest BCUT2D eigenvalue weighted by Gasteiger charge is 2.07. The Morgan fingerprint density at radius 2 is 2.38 bits per heavy atom. The van der Waals surface area contributed by atoms with Crippen LogP contribution >= 0.6 is 0 Å². The van der Waals surface area contributed by atoms with Crippen molar-refractivity contribution in [2.75, 3.05) is 7.04 Å². The summed E-state index contributed by atoms with van der Waals surface area (Å²) in [5, 5.41) is 0. The Labute approximate surface area is 85.6 Å². The number of hydrogen-bond acceptors (Lipinski definition) is 1. The molecule has 0 atom stereocenters. The van der Waals surface area contributed by atoms with Gasteiger partial charge in [-0.25, -0.2) is 4.39 Å². The van der Waals surface area contributed by atoms with Crippen LogP contribution in [0.25, 0.3) is 0 Å². The maximum Gasteiger partial charge on any atom is 0.123 e. The van der Waals surface area contributed by atoms with Gasteiger partial charge < -0.3 is 4.74 Å². The van der Waals surface area contributed by atoms with Crippen LogP contribution in [0.15, 0.2) is 18.2 Å². The maximum atomic E-state index is 13.2. The first-order chi connectivity index (χ1) is 8.03. The summed E-state index contributed by atoms with van der Waals surface area (Å²) in [5.41, 5.74) is 0.430. The third kappa shape index (κ3) is 2.52. The Morgan fingerprint density at radius 1 is 1.62 bits per heavy atom. The zero-order valence-corrected chi connectivity index (χ0v) is 7.60. The van der Waals surface area contributed by atoms with Gasteiger partial charge in [0.2, 0.25) is 0 Å². The quantitative estimate of drug-likeness (QED) is 0.706. The SMILES string of the molecule is [2H]C([2H])([2H])OC([2H])([2H])c1ccc(F)cc1C(C)C. The molecule has 1 aromatic carbocycles. The predicted octanol–water partition coefficient (Wildman–Crippen LogP) is 3.10. The van der Waals surface area contributed by atoms with Crippen molar-refractivity contribution in [1.29, 1.82) is 0 Å². The molecule has 1 rings (SSSR count). The van der Waals surface area contributed by atoms with E-state index >= 15 is 0 Å². The minimum Gasteiger partial charge on any atom is -0.380 e. The zero-order chi connectivity index (χ0) is 14.1. The van der Waals surface area contributed by atoms with Crippen molar-refractivity contribution in [1.82, 2.24) is 0 Å². The largest absolute Gasteiger partial charge is 0.380 e. The molecule has 2 heteroatoms. The minimum atomic E-state index is -2.86. The van der Waals surface area contributed by atoms with Crippen molar-refractivity contribution in [3.8, 4) is 0 Å². The van der Waals surface area contributed by atoms with E-state index in [1.807, 2.05) is 0 Å². The molecule has 0 N–H and O–H groups in total. The molecule has 0 bridgehead atoms. The van der Waals surface area contributed by atoms with Gasteiger partial charge in [-0.15, -0.1) is 0 Å². The van der Waals surface area contributed by atoms with Crippen LogP contribution in [-0.2, 0) is 11.3 Å². The molecule has 0 fully saturated rings. The fraction of sp³-hybridized carbons (Fsp3) is 0.455. The van der Waals surface area contributed by atoms with Gasteiger partial charge in [0.15, 0.2) is 0 Å². The molecule has 0 aliphatic rings. The van der Waals surface area contributed by atoms with Crippen LogP contribution in [0.1, 0.15) is 37.7 Å². The summed E-state index contributed by atoms with van der Waals surface area (Å²) in [6.07, 6.45) is 0. The number of ether oxygens (including phenoxy) is 1. The second-order valence-corrected chi connectivity index (χ2v) is 3.09. The first kappa shape index (κ1) is 5.11. The highest BCUT2D eigenvalue weighted by molar-refractivity contribution is 5.29. The smallest absolute Gasteiger partial charge is 0.123 e. The summed E-state index contributed by atoms with van der Waals surface area (Å²) in [6, 6.07) is 3.50. The Balaban J connectivity index is 3.23. The molecule has 0 aliphatic carbocycles.